The Labute approximate surface area is 174 Å². The maximum atomic E-state index is 14.0. The van der Waals surface area contributed by atoms with Crippen molar-refractivity contribution in [2.45, 2.75) is 41.5 Å². The van der Waals surface area contributed by atoms with E-state index < -0.39 is 10.0 Å². The molecule has 1 atom stereocenters. The number of hydrogen-bond acceptors (Lipinski definition) is 4. The standard InChI is InChI=1S/C21H23FN2O3S2/c22-18-6-4-5-17-19(11-14-28-20(17)18)23-21(25)15-7-9-16(10-8-15)29(26,27)24-12-2-1-3-13-24/h4-10,19H,1-3,11-14H2,(H,23,25)/t19-/m0/s1. The van der Waals surface area contributed by atoms with Crippen LogP contribution >= 0.6 is 11.8 Å². The maximum absolute atomic E-state index is 14.0. The molecule has 0 spiro atoms. The predicted octanol–water partition coefficient (Wildman–Crippen LogP) is 3.97. The predicted molar refractivity (Wildman–Crippen MR) is 111 cm³/mol. The third-order valence-electron chi connectivity index (χ3n) is 5.40. The Morgan fingerprint density at radius 3 is 2.52 bits per heavy atom. The molecule has 154 valence electrons. The summed E-state index contributed by atoms with van der Waals surface area (Å²) in [6.07, 6.45) is 3.52. The van der Waals surface area contributed by atoms with Gasteiger partial charge in [-0.3, -0.25) is 4.79 Å². The maximum Gasteiger partial charge on any atom is 0.251 e. The van der Waals surface area contributed by atoms with Crippen LogP contribution in [0.3, 0.4) is 0 Å². The van der Waals surface area contributed by atoms with Crippen LogP contribution in [0.15, 0.2) is 52.3 Å². The first-order valence-corrected chi connectivity index (χ1v) is 12.2. The molecule has 1 fully saturated rings. The molecule has 0 aromatic heterocycles. The molecular formula is C21H23FN2O3S2. The number of thioether (sulfide) groups is 1. The molecule has 1 N–H and O–H groups in total. The van der Waals surface area contributed by atoms with E-state index in [4.69, 9.17) is 0 Å². The lowest BCUT2D eigenvalue weighted by atomic mass is 10.0. The number of amides is 1. The fourth-order valence-corrected chi connectivity index (χ4v) is 6.47. The van der Waals surface area contributed by atoms with Crippen molar-refractivity contribution in [2.75, 3.05) is 18.8 Å². The van der Waals surface area contributed by atoms with Gasteiger partial charge in [0.05, 0.1) is 10.9 Å². The van der Waals surface area contributed by atoms with E-state index in [1.54, 1.807) is 6.07 Å². The molecule has 29 heavy (non-hydrogen) atoms. The van der Waals surface area contributed by atoms with Crippen molar-refractivity contribution in [3.05, 3.63) is 59.4 Å². The van der Waals surface area contributed by atoms with Gasteiger partial charge < -0.3 is 5.32 Å². The van der Waals surface area contributed by atoms with Gasteiger partial charge in [0.25, 0.3) is 5.91 Å². The fourth-order valence-electron chi connectivity index (χ4n) is 3.81. The lowest BCUT2D eigenvalue weighted by Gasteiger charge is -2.26. The second-order valence-corrected chi connectivity index (χ2v) is 10.4. The number of nitrogens with one attached hydrogen (secondary N) is 1. The first kappa shape index (κ1) is 20.4. The Kier molecular flexibility index (Phi) is 5.94. The molecule has 0 bridgehead atoms. The van der Waals surface area contributed by atoms with Crippen LogP contribution in [0.25, 0.3) is 0 Å². The SMILES string of the molecule is O=C(N[C@H]1CCSc2c(F)cccc21)c1ccc(S(=O)(=O)N2CCCCC2)cc1. The number of piperidine rings is 1. The monoisotopic (exact) mass is 434 g/mol. The molecule has 4 rings (SSSR count). The molecule has 8 heteroatoms. The van der Waals surface area contributed by atoms with Gasteiger partial charge in [-0.25, -0.2) is 12.8 Å². The molecule has 2 aliphatic heterocycles. The summed E-state index contributed by atoms with van der Waals surface area (Å²) in [7, 11) is -3.52. The average Bonchev–Trinajstić information content (AvgIpc) is 2.75. The van der Waals surface area contributed by atoms with Crippen LogP contribution in [0, 0.1) is 5.82 Å². The van der Waals surface area contributed by atoms with Crippen molar-refractivity contribution in [3.63, 3.8) is 0 Å². The van der Waals surface area contributed by atoms with Crippen LogP contribution in [-0.4, -0.2) is 37.5 Å². The Hall–Kier alpha value is -1.90. The number of carbonyl (C=O) groups excluding carboxylic acids is 1. The van der Waals surface area contributed by atoms with Gasteiger partial charge in [-0.1, -0.05) is 18.6 Å². The molecule has 0 saturated carbocycles. The van der Waals surface area contributed by atoms with E-state index in [-0.39, 0.29) is 22.7 Å². The molecule has 5 nitrogen and oxygen atoms in total. The molecule has 2 aromatic rings. The van der Waals surface area contributed by atoms with Crippen LogP contribution in [-0.2, 0) is 10.0 Å². The van der Waals surface area contributed by atoms with Crippen molar-refractivity contribution < 1.29 is 17.6 Å². The van der Waals surface area contributed by atoms with E-state index >= 15 is 0 Å². The minimum Gasteiger partial charge on any atom is -0.345 e. The summed E-state index contributed by atoms with van der Waals surface area (Å²) in [5, 5.41) is 2.96. The van der Waals surface area contributed by atoms with E-state index in [0.29, 0.717) is 30.0 Å². The number of hydrogen-bond donors (Lipinski definition) is 1. The number of fused-ring (bicyclic) bond motifs is 1. The van der Waals surface area contributed by atoms with Gasteiger partial charge in [0.15, 0.2) is 0 Å². The van der Waals surface area contributed by atoms with Gasteiger partial charge in [-0.05, 0) is 55.2 Å². The zero-order valence-corrected chi connectivity index (χ0v) is 17.6. The van der Waals surface area contributed by atoms with Crippen LogP contribution < -0.4 is 5.32 Å². The highest BCUT2D eigenvalue weighted by Gasteiger charge is 2.27. The largest absolute Gasteiger partial charge is 0.345 e. The second-order valence-electron chi connectivity index (χ2n) is 7.31. The van der Waals surface area contributed by atoms with Gasteiger partial charge in [0.2, 0.25) is 10.0 Å². The smallest absolute Gasteiger partial charge is 0.251 e. The van der Waals surface area contributed by atoms with E-state index in [9.17, 15) is 17.6 Å². The minimum atomic E-state index is -3.52. The van der Waals surface area contributed by atoms with Gasteiger partial charge in [0, 0.05) is 29.3 Å². The molecule has 0 aliphatic carbocycles. The van der Waals surface area contributed by atoms with Crippen LogP contribution in [0.4, 0.5) is 4.39 Å². The Balaban J connectivity index is 1.49. The Morgan fingerprint density at radius 2 is 1.79 bits per heavy atom. The highest BCUT2D eigenvalue weighted by Crippen LogP contribution is 2.37. The topological polar surface area (TPSA) is 66.5 Å². The zero-order chi connectivity index (χ0) is 20.4. The van der Waals surface area contributed by atoms with Crippen LogP contribution in [0.1, 0.15) is 47.6 Å². The lowest BCUT2D eigenvalue weighted by molar-refractivity contribution is 0.0934. The summed E-state index contributed by atoms with van der Waals surface area (Å²) < 4.78 is 41.0. The number of carbonyl (C=O) groups is 1. The number of nitrogens with zero attached hydrogens (tertiary/aromatic N) is 1. The van der Waals surface area contributed by atoms with Gasteiger partial charge in [-0.2, -0.15) is 4.31 Å². The first-order chi connectivity index (χ1) is 14.0. The normalized spacial score (nSPS) is 20.1. The third kappa shape index (κ3) is 4.20. The molecule has 1 saturated heterocycles. The molecule has 1 amide bonds. The Bertz CT molecular complexity index is 1000. The van der Waals surface area contributed by atoms with Crippen molar-refractivity contribution in [2.24, 2.45) is 0 Å². The molecule has 0 radical (unpaired) electrons. The number of halogens is 1. The molecule has 2 aromatic carbocycles. The first-order valence-electron chi connectivity index (χ1n) is 9.79. The summed E-state index contributed by atoms with van der Waals surface area (Å²) >= 11 is 1.46. The van der Waals surface area contributed by atoms with Gasteiger partial charge >= 0.3 is 0 Å². The van der Waals surface area contributed by atoms with Crippen molar-refractivity contribution in [1.29, 1.82) is 0 Å². The van der Waals surface area contributed by atoms with E-state index in [2.05, 4.69) is 5.32 Å². The summed E-state index contributed by atoms with van der Waals surface area (Å²) in [5.41, 5.74) is 1.18. The highest BCUT2D eigenvalue weighted by molar-refractivity contribution is 7.99. The summed E-state index contributed by atoms with van der Waals surface area (Å²) in [6, 6.07) is 10.7. The second kappa shape index (κ2) is 8.45. The molecule has 2 aliphatic rings. The average molecular weight is 435 g/mol. The zero-order valence-electron chi connectivity index (χ0n) is 15.9. The van der Waals surface area contributed by atoms with Gasteiger partial charge in [0.1, 0.15) is 5.82 Å². The van der Waals surface area contributed by atoms with E-state index in [0.717, 1.165) is 30.6 Å². The summed E-state index contributed by atoms with van der Waals surface area (Å²) in [4.78, 5) is 13.5. The Morgan fingerprint density at radius 1 is 1.07 bits per heavy atom. The highest BCUT2D eigenvalue weighted by atomic mass is 32.2. The minimum absolute atomic E-state index is 0.206. The summed E-state index contributed by atoms with van der Waals surface area (Å²) in [6.45, 7) is 1.08. The fraction of sp³-hybridized carbons (Fsp3) is 0.381. The third-order valence-corrected chi connectivity index (χ3v) is 8.47. The van der Waals surface area contributed by atoms with Crippen molar-refractivity contribution in [3.8, 4) is 0 Å². The molecule has 0 unspecified atom stereocenters. The van der Waals surface area contributed by atoms with Gasteiger partial charge in [-0.15, -0.1) is 11.8 Å². The molecular weight excluding hydrogens is 411 g/mol. The van der Waals surface area contributed by atoms with Crippen LogP contribution in [0.5, 0.6) is 0 Å². The lowest BCUT2D eigenvalue weighted by Crippen LogP contribution is -2.35. The van der Waals surface area contributed by atoms with Crippen LogP contribution in [0.2, 0.25) is 0 Å². The van der Waals surface area contributed by atoms with E-state index in [1.165, 1.54) is 46.4 Å². The number of benzene rings is 2. The quantitative estimate of drug-likeness (QED) is 0.791. The number of rotatable bonds is 4. The number of sulfonamides is 1. The van der Waals surface area contributed by atoms with Crippen molar-refractivity contribution in [1.82, 2.24) is 9.62 Å². The van der Waals surface area contributed by atoms with E-state index in [1.807, 2.05) is 6.07 Å². The molecule has 2 heterocycles. The summed E-state index contributed by atoms with van der Waals surface area (Å²) in [5.74, 6) is 0.170. The van der Waals surface area contributed by atoms with Crippen molar-refractivity contribution >= 4 is 27.7 Å².